The molecule has 17 heavy (non-hydrogen) atoms. The molecule has 0 aromatic rings. The van der Waals surface area contributed by atoms with Crippen molar-refractivity contribution >= 4 is 0 Å². The van der Waals surface area contributed by atoms with Gasteiger partial charge in [0.15, 0.2) is 0 Å². The van der Waals surface area contributed by atoms with Gasteiger partial charge >= 0.3 is 0 Å². The van der Waals surface area contributed by atoms with Gasteiger partial charge in [-0.1, -0.05) is 6.92 Å². The summed E-state index contributed by atoms with van der Waals surface area (Å²) in [6.45, 7) is 5.06. The number of rotatable bonds is 6. The molecule has 3 unspecified atom stereocenters. The van der Waals surface area contributed by atoms with E-state index in [9.17, 15) is 0 Å². The number of hydrogen-bond acceptors (Lipinski definition) is 3. The molecule has 1 N–H and O–H groups in total. The minimum atomic E-state index is 0.358. The maximum Gasteiger partial charge on any atom is 0.0808 e. The summed E-state index contributed by atoms with van der Waals surface area (Å²) in [7, 11) is 0. The molecule has 0 aromatic carbocycles. The van der Waals surface area contributed by atoms with Gasteiger partial charge in [0.25, 0.3) is 0 Å². The smallest absolute Gasteiger partial charge is 0.0808 e. The molecule has 3 heteroatoms. The fraction of sp³-hybridized carbons (Fsp3) is 1.00. The monoisotopic (exact) mass is 241 g/mol. The quantitative estimate of drug-likeness (QED) is 0.775. The molecular weight excluding hydrogens is 214 g/mol. The van der Waals surface area contributed by atoms with Crippen molar-refractivity contribution < 1.29 is 9.47 Å². The molecule has 0 radical (unpaired) electrons. The second-order valence-corrected chi connectivity index (χ2v) is 5.35. The van der Waals surface area contributed by atoms with Crippen molar-refractivity contribution in [1.82, 2.24) is 5.32 Å². The third-order valence-electron chi connectivity index (χ3n) is 3.88. The largest absolute Gasteiger partial charge is 0.376 e. The van der Waals surface area contributed by atoms with Crippen LogP contribution < -0.4 is 5.32 Å². The summed E-state index contributed by atoms with van der Waals surface area (Å²) >= 11 is 0. The Morgan fingerprint density at radius 1 is 1.18 bits per heavy atom. The van der Waals surface area contributed by atoms with E-state index in [0.717, 1.165) is 19.8 Å². The van der Waals surface area contributed by atoms with Crippen LogP contribution in [0.15, 0.2) is 0 Å². The third kappa shape index (κ3) is 4.23. The molecule has 0 bridgehead atoms. The molecule has 2 aliphatic rings. The van der Waals surface area contributed by atoms with Gasteiger partial charge in [0, 0.05) is 12.6 Å². The second-order valence-electron chi connectivity index (χ2n) is 5.35. The first-order valence-corrected chi connectivity index (χ1v) is 7.36. The van der Waals surface area contributed by atoms with Crippen molar-refractivity contribution in [1.29, 1.82) is 0 Å². The Bertz CT molecular complexity index is 204. The Kier molecular flexibility index (Phi) is 5.75. The predicted molar refractivity (Wildman–Crippen MR) is 69.3 cm³/mol. The maximum absolute atomic E-state index is 6.06. The summed E-state index contributed by atoms with van der Waals surface area (Å²) in [6, 6.07) is 0.582. The van der Waals surface area contributed by atoms with E-state index in [-0.39, 0.29) is 0 Å². The molecule has 100 valence electrons. The number of nitrogens with one attached hydrogen (secondary N) is 1. The lowest BCUT2D eigenvalue weighted by Gasteiger charge is -2.26. The highest BCUT2D eigenvalue weighted by Crippen LogP contribution is 2.23. The molecule has 2 rings (SSSR count). The lowest BCUT2D eigenvalue weighted by atomic mass is 10.1. The number of ether oxygens (including phenoxy) is 2. The fourth-order valence-corrected chi connectivity index (χ4v) is 2.86. The molecule has 0 amide bonds. The van der Waals surface area contributed by atoms with Crippen LogP contribution in [0.2, 0.25) is 0 Å². The zero-order valence-electron chi connectivity index (χ0n) is 11.1. The molecule has 1 heterocycles. The maximum atomic E-state index is 6.06. The highest BCUT2D eigenvalue weighted by Gasteiger charge is 2.28. The summed E-state index contributed by atoms with van der Waals surface area (Å²) in [6.07, 6.45) is 9.48. The Labute approximate surface area is 105 Å². The normalized spacial score (nSPS) is 34.1. The highest BCUT2D eigenvalue weighted by molar-refractivity contribution is 4.84. The van der Waals surface area contributed by atoms with Gasteiger partial charge in [-0.3, -0.25) is 0 Å². The Hall–Kier alpha value is -0.120. The van der Waals surface area contributed by atoms with Crippen LogP contribution >= 0.6 is 0 Å². The highest BCUT2D eigenvalue weighted by atomic mass is 16.5. The molecule has 0 aromatic heterocycles. The van der Waals surface area contributed by atoms with Crippen LogP contribution in [0.3, 0.4) is 0 Å². The summed E-state index contributed by atoms with van der Waals surface area (Å²) in [5, 5.41) is 3.60. The topological polar surface area (TPSA) is 30.5 Å². The Balaban J connectivity index is 1.66. The van der Waals surface area contributed by atoms with Crippen molar-refractivity contribution in [2.45, 2.75) is 70.1 Å². The van der Waals surface area contributed by atoms with E-state index in [4.69, 9.17) is 9.47 Å². The van der Waals surface area contributed by atoms with Crippen LogP contribution in [-0.4, -0.2) is 38.0 Å². The van der Waals surface area contributed by atoms with Crippen molar-refractivity contribution in [3.63, 3.8) is 0 Å². The fourth-order valence-electron chi connectivity index (χ4n) is 2.86. The predicted octanol–water partition coefficient (Wildman–Crippen LogP) is 2.49. The van der Waals surface area contributed by atoms with E-state index in [1.54, 1.807) is 0 Å². The van der Waals surface area contributed by atoms with Crippen LogP contribution in [0.25, 0.3) is 0 Å². The van der Waals surface area contributed by atoms with E-state index in [1.807, 2.05) is 0 Å². The van der Waals surface area contributed by atoms with Gasteiger partial charge in [-0.15, -0.1) is 0 Å². The first-order chi connectivity index (χ1) is 8.40. The van der Waals surface area contributed by atoms with Gasteiger partial charge < -0.3 is 14.8 Å². The lowest BCUT2D eigenvalue weighted by Crippen LogP contribution is -2.39. The van der Waals surface area contributed by atoms with Crippen LogP contribution in [0, 0.1) is 0 Å². The van der Waals surface area contributed by atoms with Gasteiger partial charge in [-0.05, 0) is 51.5 Å². The first kappa shape index (κ1) is 13.3. The molecule has 1 saturated carbocycles. The van der Waals surface area contributed by atoms with Crippen LogP contribution in [0.4, 0.5) is 0 Å². The molecule has 1 saturated heterocycles. The van der Waals surface area contributed by atoms with E-state index in [1.165, 1.54) is 44.9 Å². The van der Waals surface area contributed by atoms with Gasteiger partial charge in [0.2, 0.25) is 0 Å². The van der Waals surface area contributed by atoms with Crippen molar-refractivity contribution in [3.05, 3.63) is 0 Å². The molecule has 2 fully saturated rings. The van der Waals surface area contributed by atoms with Crippen molar-refractivity contribution in [3.8, 4) is 0 Å². The molecule has 0 spiro atoms. The summed E-state index contributed by atoms with van der Waals surface area (Å²) in [5.74, 6) is 0. The van der Waals surface area contributed by atoms with E-state index in [2.05, 4.69) is 12.2 Å². The first-order valence-electron chi connectivity index (χ1n) is 7.36. The van der Waals surface area contributed by atoms with Gasteiger partial charge in [-0.2, -0.15) is 0 Å². The zero-order chi connectivity index (χ0) is 11.9. The van der Waals surface area contributed by atoms with Crippen molar-refractivity contribution in [2.24, 2.45) is 0 Å². The van der Waals surface area contributed by atoms with Gasteiger partial charge in [-0.25, -0.2) is 0 Å². The van der Waals surface area contributed by atoms with Gasteiger partial charge in [0.05, 0.1) is 18.8 Å². The molecule has 1 aliphatic heterocycles. The van der Waals surface area contributed by atoms with Crippen LogP contribution in [0.5, 0.6) is 0 Å². The molecular formula is C14H27NO2. The second kappa shape index (κ2) is 7.34. The average molecular weight is 241 g/mol. The Morgan fingerprint density at radius 2 is 2.12 bits per heavy atom. The van der Waals surface area contributed by atoms with Gasteiger partial charge in [0.1, 0.15) is 0 Å². The average Bonchev–Trinajstić information content (AvgIpc) is 2.82. The molecule has 3 nitrogen and oxygen atoms in total. The Morgan fingerprint density at radius 3 is 2.88 bits per heavy atom. The minimum absolute atomic E-state index is 0.358. The lowest BCUT2D eigenvalue weighted by molar-refractivity contribution is -0.0662. The minimum Gasteiger partial charge on any atom is -0.376 e. The number of hydrogen-bond donors (Lipinski definition) is 1. The van der Waals surface area contributed by atoms with E-state index < -0.39 is 0 Å². The summed E-state index contributed by atoms with van der Waals surface area (Å²) in [4.78, 5) is 0. The van der Waals surface area contributed by atoms with E-state index in [0.29, 0.717) is 18.2 Å². The summed E-state index contributed by atoms with van der Waals surface area (Å²) in [5.41, 5.74) is 0. The summed E-state index contributed by atoms with van der Waals surface area (Å²) < 4.78 is 11.8. The van der Waals surface area contributed by atoms with Crippen molar-refractivity contribution in [2.75, 3.05) is 19.8 Å². The molecule has 1 aliphatic carbocycles. The standard InChI is InChI=1S/C14H27NO2/c1-2-9-15-13-7-5-8-14(13)17-11-12-6-3-4-10-16-12/h12-15H,2-11H2,1H3. The van der Waals surface area contributed by atoms with Crippen LogP contribution in [-0.2, 0) is 9.47 Å². The molecule has 3 atom stereocenters. The SMILES string of the molecule is CCCNC1CCCC1OCC1CCCCO1. The third-order valence-corrected chi connectivity index (χ3v) is 3.88. The van der Waals surface area contributed by atoms with E-state index >= 15 is 0 Å². The van der Waals surface area contributed by atoms with Crippen LogP contribution in [0.1, 0.15) is 51.9 Å². The zero-order valence-corrected chi connectivity index (χ0v) is 11.1.